The van der Waals surface area contributed by atoms with Crippen molar-refractivity contribution in [2.45, 2.75) is 160 Å². The van der Waals surface area contributed by atoms with Crippen molar-refractivity contribution in [3.63, 3.8) is 0 Å². The number of carbonyl (C=O) groups is 8. The molecule has 3 aromatic carbocycles. The number of benzene rings is 3. The molecule has 5 aromatic rings. The molecule has 0 bridgehead atoms. The van der Waals surface area contributed by atoms with Crippen LogP contribution in [0.3, 0.4) is 0 Å². The summed E-state index contributed by atoms with van der Waals surface area (Å²) in [7, 11) is 0. The van der Waals surface area contributed by atoms with Crippen molar-refractivity contribution in [1.29, 1.82) is 0 Å². The third-order valence-electron chi connectivity index (χ3n) is 20.4. The number of imidazole rings is 1. The number of pyridine rings is 1. The van der Waals surface area contributed by atoms with Gasteiger partial charge in [0.2, 0.25) is 29.5 Å². The number of rotatable bonds is 13. The molecule has 21 heteroatoms. The van der Waals surface area contributed by atoms with Crippen molar-refractivity contribution < 1.29 is 42.7 Å². The Morgan fingerprint density at radius 1 is 0.773 bits per heavy atom. The molecule has 0 radical (unpaired) electrons. The molecule has 8 aliphatic rings. The van der Waals surface area contributed by atoms with Gasteiger partial charge in [-0.25, -0.2) is 14.4 Å². The lowest BCUT2D eigenvalue weighted by atomic mass is 9.73. The number of likely N-dealkylation sites (tertiary alicyclic amines) is 3. The molecular weight excluding hydrogens is 1120 g/mol. The number of carbonyl (C=O) groups excluding carboxylic acids is 8. The minimum atomic E-state index is -1.04. The highest BCUT2D eigenvalue weighted by Gasteiger charge is 2.56. The van der Waals surface area contributed by atoms with E-state index in [4.69, 9.17) is 9.97 Å². The van der Waals surface area contributed by atoms with Crippen LogP contribution in [-0.4, -0.2) is 158 Å². The van der Waals surface area contributed by atoms with Gasteiger partial charge in [-0.15, -0.1) is 0 Å². The number of anilines is 4. The maximum atomic E-state index is 16.0. The van der Waals surface area contributed by atoms with Crippen LogP contribution in [0.25, 0.3) is 22.3 Å². The van der Waals surface area contributed by atoms with Crippen molar-refractivity contribution in [2.24, 2.45) is 11.8 Å². The summed E-state index contributed by atoms with van der Waals surface area (Å²) in [6.07, 6.45) is 11.2. The van der Waals surface area contributed by atoms with Crippen LogP contribution < -0.4 is 25.8 Å². The molecule has 9 heterocycles. The van der Waals surface area contributed by atoms with Crippen LogP contribution in [0.1, 0.15) is 166 Å². The lowest BCUT2D eigenvalue weighted by molar-refractivity contribution is -0.143. The van der Waals surface area contributed by atoms with E-state index in [2.05, 4.69) is 42.8 Å². The van der Waals surface area contributed by atoms with E-state index < -0.39 is 40.9 Å². The number of hydrogen-bond acceptors (Lipinski definition) is 13. The van der Waals surface area contributed by atoms with E-state index in [1.807, 2.05) is 60.3 Å². The first-order chi connectivity index (χ1) is 42.3. The predicted molar refractivity (Wildman–Crippen MR) is 330 cm³/mol. The maximum absolute atomic E-state index is 16.0. The first-order valence-corrected chi connectivity index (χ1v) is 32.0. The van der Waals surface area contributed by atoms with Crippen LogP contribution in [0.5, 0.6) is 0 Å². The van der Waals surface area contributed by atoms with Crippen LogP contribution in [0.2, 0.25) is 0 Å². The normalized spacial score (nSPS) is 22.7. The quantitative estimate of drug-likeness (QED) is 0.0948. The summed E-state index contributed by atoms with van der Waals surface area (Å²) in [6.45, 7) is 14.7. The number of imide groups is 2. The van der Waals surface area contributed by atoms with Crippen LogP contribution in [0.15, 0.2) is 60.9 Å². The average molecular weight is 1200 g/mol. The molecule has 6 fully saturated rings. The van der Waals surface area contributed by atoms with Crippen molar-refractivity contribution in [1.82, 2.24) is 44.8 Å². The molecule has 88 heavy (non-hydrogen) atoms. The van der Waals surface area contributed by atoms with Crippen molar-refractivity contribution in [2.75, 3.05) is 67.5 Å². The van der Waals surface area contributed by atoms with Crippen LogP contribution in [0.4, 0.5) is 27.3 Å². The highest BCUT2D eigenvalue weighted by Crippen LogP contribution is 2.53. The summed E-state index contributed by atoms with van der Waals surface area (Å²) in [5.41, 5.74) is 5.85. The topological polar surface area (TPSA) is 223 Å². The Labute approximate surface area is 511 Å². The highest BCUT2D eigenvalue weighted by molar-refractivity contribution is 6.25. The van der Waals surface area contributed by atoms with Gasteiger partial charge in [0, 0.05) is 99.0 Å². The fraction of sp³-hybridized carbons (Fsp3) is 0.522. The highest BCUT2D eigenvalue weighted by atomic mass is 19.1. The Balaban J connectivity index is 0.674. The van der Waals surface area contributed by atoms with Crippen LogP contribution in [-0.2, 0) is 29.4 Å². The average Bonchev–Trinajstić information content (AvgIpc) is 1.59. The van der Waals surface area contributed by atoms with E-state index >= 15 is 9.18 Å². The zero-order valence-electron chi connectivity index (χ0n) is 51.0. The summed E-state index contributed by atoms with van der Waals surface area (Å²) in [5.74, 6) is -2.46. The number of nitrogens with zero attached hydrogens (tertiary/aromatic N) is 9. The van der Waals surface area contributed by atoms with Gasteiger partial charge in [-0.2, -0.15) is 0 Å². The van der Waals surface area contributed by atoms with E-state index in [1.54, 1.807) is 25.4 Å². The van der Waals surface area contributed by atoms with Gasteiger partial charge in [0.1, 0.15) is 17.4 Å². The third kappa shape index (κ3) is 10.6. The molecule has 1 atom stereocenters. The molecule has 2 aromatic heterocycles. The van der Waals surface area contributed by atoms with Crippen molar-refractivity contribution >= 4 is 81.2 Å². The predicted octanol–water partition coefficient (Wildman–Crippen LogP) is 8.18. The lowest BCUT2D eigenvalue weighted by Gasteiger charge is -2.48. The summed E-state index contributed by atoms with van der Waals surface area (Å²) in [4.78, 5) is 130. The summed E-state index contributed by atoms with van der Waals surface area (Å²) in [6, 6.07) is 15.5. The van der Waals surface area contributed by atoms with E-state index in [9.17, 15) is 33.6 Å². The smallest absolute Gasteiger partial charge is 0.264 e. The zero-order chi connectivity index (χ0) is 61.4. The second-order valence-corrected chi connectivity index (χ2v) is 26.5. The lowest BCUT2D eigenvalue weighted by Crippen LogP contribution is -2.58. The second kappa shape index (κ2) is 23.5. The van der Waals surface area contributed by atoms with Gasteiger partial charge >= 0.3 is 0 Å². The standard InChI is InChI=1S/C67H79FN12O8/c1-38(2)70-61(83)47-35-51(49(68)30-40(47)5)72-60-59-52(69-37-78(59)39(3)4)36-50(71-60)43-12-13-48-55(32-43)79(45-33-44(34-45)74-22-7-6-8-23-74)66(88)67(48)20-28-77(29-21-67)63(85)42-18-26-76(27-19-42)57(82)31-41-16-24-75(25-17-41)53-11-9-10-46-58(53)65(87)80(64(46)86)54-14-15-56(81)73-62(54)84/h9-13,30,32,35-39,41-42,44-45,54H,6-8,14-29,31,33-34H2,1-5H3,(H,70,83)(H,71,72)(H,73,81,84)/t44-,45+,54?. The molecule has 462 valence electrons. The number of nitrogens with one attached hydrogen (secondary N) is 3. The van der Waals surface area contributed by atoms with E-state index in [-0.39, 0.29) is 83.2 Å². The second-order valence-electron chi connectivity index (χ2n) is 26.5. The summed E-state index contributed by atoms with van der Waals surface area (Å²) >= 11 is 0. The fourth-order valence-electron chi connectivity index (χ4n) is 15.4. The van der Waals surface area contributed by atoms with E-state index in [0.717, 1.165) is 47.6 Å². The Morgan fingerprint density at radius 3 is 2.22 bits per heavy atom. The van der Waals surface area contributed by atoms with Gasteiger partial charge < -0.3 is 39.7 Å². The molecular formula is C67H79FN12O8. The van der Waals surface area contributed by atoms with Crippen molar-refractivity contribution in [3.8, 4) is 11.3 Å². The van der Waals surface area contributed by atoms with Gasteiger partial charge in [-0.05, 0) is 172 Å². The molecule has 1 aliphatic carbocycles. The molecule has 20 nitrogen and oxygen atoms in total. The van der Waals surface area contributed by atoms with E-state index in [0.29, 0.717) is 130 Å². The van der Waals surface area contributed by atoms with Gasteiger partial charge in [-0.1, -0.05) is 24.6 Å². The number of hydrogen-bond donors (Lipinski definition) is 3. The third-order valence-corrected chi connectivity index (χ3v) is 20.4. The molecule has 7 aliphatic heterocycles. The number of halogens is 1. The van der Waals surface area contributed by atoms with Crippen molar-refractivity contribution in [3.05, 3.63) is 94.6 Å². The van der Waals surface area contributed by atoms with Gasteiger partial charge in [0.05, 0.1) is 45.5 Å². The summed E-state index contributed by atoms with van der Waals surface area (Å²) in [5, 5.41) is 8.46. The number of aryl methyl sites for hydroxylation is 1. The zero-order valence-corrected chi connectivity index (χ0v) is 51.0. The van der Waals surface area contributed by atoms with Gasteiger partial charge in [0.25, 0.3) is 17.7 Å². The molecule has 1 spiro atoms. The van der Waals surface area contributed by atoms with Crippen LogP contribution in [0, 0.1) is 24.6 Å². The molecule has 8 amide bonds. The Morgan fingerprint density at radius 2 is 1.51 bits per heavy atom. The Bertz CT molecular complexity index is 3680. The van der Waals surface area contributed by atoms with E-state index in [1.165, 1.54) is 31.4 Å². The number of amides is 8. The molecule has 3 N–H and O–H groups in total. The minimum absolute atomic E-state index is 0.00189. The maximum Gasteiger partial charge on any atom is 0.264 e. The molecule has 1 saturated carbocycles. The first-order valence-electron chi connectivity index (χ1n) is 32.0. The number of aromatic nitrogens is 3. The first kappa shape index (κ1) is 58.9. The molecule has 13 rings (SSSR count). The largest absolute Gasteiger partial charge is 0.371 e. The van der Waals surface area contributed by atoms with Gasteiger partial charge in [0.15, 0.2) is 5.82 Å². The van der Waals surface area contributed by atoms with Gasteiger partial charge in [-0.3, -0.25) is 48.6 Å². The number of fused-ring (bicyclic) bond motifs is 4. The molecule has 1 unspecified atom stereocenters. The monoisotopic (exact) mass is 1200 g/mol. The fourth-order valence-corrected chi connectivity index (χ4v) is 15.4. The Hall–Kier alpha value is -8.07. The summed E-state index contributed by atoms with van der Waals surface area (Å²) < 4.78 is 18.0. The SMILES string of the molecule is Cc1cc(F)c(Nc2nc(-c3ccc4c(c3)N([C@H]3C[C@@H](N5CCCCC5)C3)C(=O)C43CCN(C(=O)C4CCN(C(=O)CC5CCN(c6cccc7c6C(=O)N(C6CCC(=O)NC6=O)C7=O)CC5)CC4)CC3)cc3ncn(C(C)C)c23)cc1C(=O)NC(C)C. The van der Waals surface area contributed by atoms with Crippen LogP contribution >= 0.6 is 0 Å². The number of piperidine rings is 5. The Kier molecular flexibility index (Phi) is 15.7. The minimum Gasteiger partial charge on any atom is -0.371 e. The molecule has 5 saturated heterocycles.